The summed E-state index contributed by atoms with van der Waals surface area (Å²) in [7, 11) is 1.91. The van der Waals surface area contributed by atoms with Gasteiger partial charge in [0.15, 0.2) is 0 Å². The Bertz CT molecular complexity index is 632. The minimum absolute atomic E-state index is 0.147. The van der Waals surface area contributed by atoms with Crippen LogP contribution in [-0.2, 0) is 4.79 Å². The number of fused-ring (bicyclic) bond motifs is 1. The Labute approximate surface area is 119 Å². The van der Waals surface area contributed by atoms with Crippen LogP contribution in [0.1, 0.15) is 19.3 Å². The number of hydrogen-bond acceptors (Lipinski definition) is 2. The van der Waals surface area contributed by atoms with Crippen molar-refractivity contribution >= 4 is 22.4 Å². The molecule has 3 rings (SSSR count). The average Bonchev–Trinajstić information content (AvgIpc) is 2.42. The zero-order valence-electron chi connectivity index (χ0n) is 11.8. The molecule has 1 aliphatic rings. The Morgan fingerprint density at radius 1 is 1.15 bits per heavy atom. The van der Waals surface area contributed by atoms with E-state index in [0.717, 1.165) is 36.9 Å². The molecular formula is C17H20N2O. The fourth-order valence-electron chi connectivity index (χ4n) is 2.96. The van der Waals surface area contributed by atoms with Gasteiger partial charge in [-0.15, -0.1) is 0 Å². The lowest BCUT2D eigenvalue weighted by atomic mass is 9.68. The maximum Gasteiger partial charge on any atom is 0.231 e. The van der Waals surface area contributed by atoms with E-state index < -0.39 is 0 Å². The Hall–Kier alpha value is -1.87. The van der Waals surface area contributed by atoms with Crippen molar-refractivity contribution in [3.05, 3.63) is 42.5 Å². The van der Waals surface area contributed by atoms with E-state index in [9.17, 15) is 4.79 Å². The van der Waals surface area contributed by atoms with Gasteiger partial charge in [-0.2, -0.15) is 0 Å². The smallest absolute Gasteiger partial charge is 0.231 e. The molecule has 0 spiro atoms. The highest BCUT2D eigenvalue weighted by molar-refractivity contribution is 5.98. The van der Waals surface area contributed by atoms with Crippen LogP contribution < -0.4 is 10.6 Å². The minimum atomic E-state index is -0.208. The van der Waals surface area contributed by atoms with Gasteiger partial charge in [0.25, 0.3) is 0 Å². The van der Waals surface area contributed by atoms with Crippen molar-refractivity contribution in [2.45, 2.75) is 19.3 Å². The fraction of sp³-hybridized carbons (Fsp3) is 0.353. The summed E-state index contributed by atoms with van der Waals surface area (Å²) in [6.45, 7) is 0.756. The Morgan fingerprint density at radius 2 is 1.90 bits per heavy atom. The van der Waals surface area contributed by atoms with Crippen molar-refractivity contribution in [3.63, 3.8) is 0 Å². The summed E-state index contributed by atoms with van der Waals surface area (Å²) >= 11 is 0. The molecule has 0 saturated heterocycles. The van der Waals surface area contributed by atoms with Crippen LogP contribution in [0.4, 0.5) is 5.69 Å². The highest BCUT2D eigenvalue weighted by Crippen LogP contribution is 2.41. The SMILES string of the molecule is CNCC1(C(=O)Nc2ccc3ccccc3c2)CCC1. The van der Waals surface area contributed by atoms with Crippen molar-refractivity contribution in [1.82, 2.24) is 5.32 Å². The van der Waals surface area contributed by atoms with Crippen LogP contribution in [0.3, 0.4) is 0 Å². The second-order valence-corrected chi connectivity index (χ2v) is 5.68. The van der Waals surface area contributed by atoms with E-state index in [0.29, 0.717) is 0 Å². The number of carbonyl (C=O) groups is 1. The lowest BCUT2D eigenvalue weighted by molar-refractivity contribution is -0.129. The Balaban J connectivity index is 1.80. The van der Waals surface area contributed by atoms with E-state index in [4.69, 9.17) is 0 Å². The van der Waals surface area contributed by atoms with E-state index in [1.807, 2.05) is 31.3 Å². The molecule has 2 N–H and O–H groups in total. The van der Waals surface area contributed by atoms with Crippen LogP contribution in [0, 0.1) is 5.41 Å². The van der Waals surface area contributed by atoms with E-state index in [1.165, 1.54) is 5.39 Å². The number of nitrogens with one attached hydrogen (secondary N) is 2. The monoisotopic (exact) mass is 268 g/mol. The molecule has 104 valence electrons. The maximum atomic E-state index is 12.5. The molecule has 1 aliphatic carbocycles. The summed E-state index contributed by atoms with van der Waals surface area (Å²) in [4.78, 5) is 12.5. The molecule has 0 radical (unpaired) electrons. The highest BCUT2D eigenvalue weighted by atomic mass is 16.2. The second kappa shape index (κ2) is 5.25. The zero-order chi connectivity index (χ0) is 14.0. The number of amides is 1. The third-order valence-corrected chi connectivity index (χ3v) is 4.31. The molecule has 3 heteroatoms. The molecule has 0 atom stereocenters. The van der Waals surface area contributed by atoms with Crippen LogP contribution in [0.15, 0.2) is 42.5 Å². The molecule has 3 nitrogen and oxygen atoms in total. The van der Waals surface area contributed by atoms with Gasteiger partial charge < -0.3 is 10.6 Å². The molecule has 0 aliphatic heterocycles. The molecule has 0 bridgehead atoms. The Morgan fingerprint density at radius 3 is 2.55 bits per heavy atom. The van der Waals surface area contributed by atoms with Crippen LogP contribution in [0.2, 0.25) is 0 Å². The Kier molecular flexibility index (Phi) is 3.45. The highest BCUT2D eigenvalue weighted by Gasteiger charge is 2.43. The van der Waals surface area contributed by atoms with Crippen LogP contribution in [-0.4, -0.2) is 19.5 Å². The summed E-state index contributed by atoms with van der Waals surface area (Å²) in [5.41, 5.74) is 0.677. The third-order valence-electron chi connectivity index (χ3n) is 4.31. The summed E-state index contributed by atoms with van der Waals surface area (Å²) in [5.74, 6) is 0.147. The van der Waals surface area contributed by atoms with Crippen LogP contribution in [0.5, 0.6) is 0 Å². The summed E-state index contributed by atoms with van der Waals surface area (Å²) in [6.07, 6.45) is 3.10. The van der Waals surface area contributed by atoms with E-state index >= 15 is 0 Å². The van der Waals surface area contributed by atoms with Gasteiger partial charge >= 0.3 is 0 Å². The molecule has 1 fully saturated rings. The van der Waals surface area contributed by atoms with Gasteiger partial charge in [-0.3, -0.25) is 4.79 Å². The zero-order valence-corrected chi connectivity index (χ0v) is 11.8. The van der Waals surface area contributed by atoms with E-state index in [1.54, 1.807) is 0 Å². The van der Waals surface area contributed by atoms with Gasteiger partial charge in [0.1, 0.15) is 0 Å². The molecule has 2 aromatic rings. The summed E-state index contributed by atoms with van der Waals surface area (Å²) in [6, 6.07) is 14.3. The van der Waals surface area contributed by atoms with Crippen molar-refractivity contribution < 1.29 is 4.79 Å². The first kappa shape index (κ1) is 13.1. The third kappa shape index (κ3) is 2.29. The molecule has 1 saturated carbocycles. The second-order valence-electron chi connectivity index (χ2n) is 5.68. The normalized spacial score (nSPS) is 16.6. The molecule has 0 aromatic heterocycles. The average molecular weight is 268 g/mol. The molecule has 0 heterocycles. The van der Waals surface area contributed by atoms with Gasteiger partial charge in [0.05, 0.1) is 5.41 Å². The summed E-state index contributed by atoms with van der Waals surface area (Å²) in [5, 5.41) is 8.58. The standard InChI is InChI=1S/C17H20N2O/c1-18-12-17(9-4-10-17)16(20)19-15-8-7-13-5-2-3-6-14(13)11-15/h2-3,5-8,11,18H,4,9-10,12H2,1H3,(H,19,20). The minimum Gasteiger partial charge on any atom is -0.326 e. The largest absolute Gasteiger partial charge is 0.326 e. The molecule has 0 unspecified atom stereocenters. The molecule has 1 amide bonds. The predicted octanol–water partition coefficient (Wildman–Crippen LogP) is 3.17. The van der Waals surface area contributed by atoms with Crippen molar-refractivity contribution in [2.75, 3.05) is 18.9 Å². The van der Waals surface area contributed by atoms with Crippen molar-refractivity contribution in [2.24, 2.45) is 5.41 Å². The number of benzene rings is 2. The number of hydrogen-bond donors (Lipinski definition) is 2. The summed E-state index contributed by atoms with van der Waals surface area (Å²) < 4.78 is 0. The number of carbonyl (C=O) groups excluding carboxylic acids is 1. The van der Waals surface area contributed by atoms with Gasteiger partial charge in [-0.05, 0) is 42.8 Å². The van der Waals surface area contributed by atoms with Crippen LogP contribution in [0.25, 0.3) is 10.8 Å². The first-order valence-electron chi connectivity index (χ1n) is 7.18. The van der Waals surface area contributed by atoms with E-state index in [-0.39, 0.29) is 11.3 Å². The molecular weight excluding hydrogens is 248 g/mol. The van der Waals surface area contributed by atoms with Gasteiger partial charge in [0, 0.05) is 12.2 Å². The van der Waals surface area contributed by atoms with Crippen molar-refractivity contribution in [1.29, 1.82) is 0 Å². The number of rotatable bonds is 4. The fourth-order valence-corrected chi connectivity index (χ4v) is 2.96. The number of anilines is 1. The first-order valence-corrected chi connectivity index (χ1v) is 7.18. The van der Waals surface area contributed by atoms with E-state index in [2.05, 4.69) is 28.8 Å². The van der Waals surface area contributed by atoms with Gasteiger partial charge in [0.2, 0.25) is 5.91 Å². The first-order chi connectivity index (χ1) is 9.73. The molecule has 2 aromatic carbocycles. The van der Waals surface area contributed by atoms with Gasteiger partial charge in [-0.25, -0.2) is 0 Å². The lowest BCUT2D eigenvalue weighted by Crippen LogP contribution is -2.48. The topological polar surface area (TPSA) is 41.1 Å². The lowest BCUT2D eigenvalue weighted by Gasteiger charge is -2.40. The molecule has 20 heavy (non-hydrogen) atoms. The quantitative estimate of drug-likeness (QED) is 0.894. The maximum absolute atomic E-state index is 12.5. The predicted molar refractivity (Wildman–Crippen MR) is 82.8 cm³/mol. The van der Waals surface area contributed by atoms with Gasteiger partial charge in [-0.1, -0.05) is 36.8 Å². The van der Waals surface area contributed by atoms with Crippen molar-refractivity contribution in [3.8, 4) is 0 Å². The van der Waals surface area contributed by atoms with Crippen LogP contribution >= 0.6 is 0 Å².